The van der Waals surface area contributed by atoms with Gasteiger partial charge in [-0.15, -0.1) is 0 Å². The van der Waals surface area contributed by atoms with E-state index in [1.165, 1.54) is 12.1 Å². The predicted octanol–water partition coefficient (Wildman–Crippen LogP) is 2.97. The van der Waals surface area contributed by atoms with Gasteiger partial charge in [0.05, 0.1) is 16.7 Å². The fraction of sp³-hybridized carbons (Fsp3) is 0.312. The molecule has 6 nitrogen and oxygen atoms in total. The van der Waals surface area contributed by atoms with Gasteiger partial charge in [-0.05, 0) is 45.0 Å². The molecule has 1 amide bonds. The molecule has 1 aromatic carbocycles. The Kier molecular flexibility index (Phi) is 3.85. The first kappa shape index (κ1) is 15.2. The summed E-state index contributed by atoms with van der Waals surface area (Å²) in [5, 5.41) is 7.07. The van der Waals surface area contributed by atoms with E-state index in [4.69, 9.17) is 0 Å². The van der Waals surface area contributed by atoms with Gasteiger partial charge >= 0.3 is 0 Å². The molecule has 23 heavy (non-hydrogen) atoms. The fourth-order valence-electron chi connectivity index (χ4n) is 2.65. The maximum atomic E-state index is 13.5. The minimum absolute atomic E-state index is 0.280. The number of anilines is 1. The number of fused-ring (bicyclic) bond motifs is 1. The molecule has 0 saturated carbocycles. The van der Waals surface area contributed by atoms with Crippen molar-refractivity contribution in [3.05, 3.63) is 41.5 Å². The van der Waals surface area contributed by atoms with Crippen molar-refractivity contribution < 1.29 is 9.18 Å². The molecule has 0 bridgehead atoms. The van der Waals surface area contributed by atoms with E-state index < -0.39 is 0 Å². The zero-order valence-corrected chi connectivity index (χ0v) is 13.3. The number of benzene rings is 1. The minimum Gasteiger partial charge on any atom is -0.310 e. The van der Waals surface area contributed by atoms with Crippen LogP contribution in [-0.4, -0.2) is 25.2 Å². The molecule has 0 radical (unpaired) electrons. The number of hydrogen-bond acceptors (Lipinski definition) is 3. The van der Waals surface area contributed by atoms with Crippen LogP contribution in [0.25, 0.3) is 11.0 Å². The van der Waals surface area contributed by atoms with Crippen molar-refractivity contribution in [1.82, 2.24) is 19.3 Å². The van der Waals surface area contributed by atoms with E-state index in [1.54, 1.807) is 21.4 Å². The van der Waals surface area contributed by atoms with Crippen molar-refractivity contribution in [3.8, 4) is 0 Å². The summed E-state index contributed by atoms with van der Waals surface area (Å²) in [4.78, 5) is 16.9. The summed E-state index contributed by atoms with van der Waals surface area (Å²) in [5.74, 6) is -0.206. The van der Waals surface area contributed by atoms with Crippen LogP contribution in [0.2, 0.25) is 0 Å². The van der Waals surface area contributed by atoms with Gasteiger partial charge < -0.3 is 4.57 Å². The average Bonchev–Trinajstić information content (AvgIpc) is 3.06. The van der Waals surface area contributed by atoms with Gasteiger partial charge in [-0.25, -0.2) is 9.37 Å². The SMILES string of the molecule is CCn1nc(C)cc1C(=O)Nc1nc2ccc(F)cc2n1CC. The lowest BCUT2D eigenvalue weighted by atomic mass is 10.3. The molecule has 0 aliphatic heterocycles. The first-order valence-corrected chi connectivity index (χ1v) is 7.55. The van der Waals surface area contributed by atoms with Crippen molar-refractivity contribution in [2.45, 2.75) is 33.9 Å². The molecule has 120 valence electrons. The molecule has 0 saturated heterocycles. The first-order chi connectivity index (χ1) is 11.0. The zero-order valence-electron chi connectivity index (χ0n) is 13.3. The van der Waals surface area contributed by atoms with Crippen molar-refractivity contribution in [2.75, 3.05) is 5.32 Å². The Bertz CT molecular complexity index is 880. The number of amides is 1. The van der Waals surface area contributed by atoms with E-state index in [9.17, 15) is 9.18 Å². The van der Waals surface area contributed by atoms with Crippen molar-refractivity contribution in [3.63, 3.8) is 0 Å². The van der Waals surface area contributed by atoms with E-state index in [2.05, 4.69) is 15.4 Å². The van der Waals surface area contributed by atoms with Crippen LogP contribution in [0.1, 0.15) is 30.0 Å². The maximum absolute atomic E-state index is 13.5. The molecule has 1 N–H and O–H groups in total. The smallest absolute Gasteiger partial charge is 0.276 e. The molecule has 7 heteroatoms. The van der Waals surface area contributed by atoms with E-state index in [0.717, 1.165) is 5.69 Å². The van der Waals surface area contributed by atoms with E-state index in [-0.39, 0.29) is 11.7 Å². The third-order valence-electron chi connectivity index (χ3n) is 3.69. The third kappa shape index (κ3) is 2.69. The number of nitrogens with one attached hydrogen (secondary N) is 1. The summed E-state index contributed by atoms with van der Waals surface area (Å²) in [6.07, 6.45) is 0. The fourth-order valence-corrected chi connectivity index (χ4v) is 2.65. The zero-order chi connectivity index (χ0) is 16.6. The lowest BCUT2D eigenvalue weighted by Crippen LogP contribution is -2.19. The Morgan fingerprint density at radius 2 is 2.04 bits per heavy atom. The van der Waals surface area contributed by atoms with Crippen LogP contribution in [-0.2, 0) is 13.1 Å². The largest absolute Gasteiger partial charge is 0.310 e. The number of nitrogens with zero attached hydrogens (tertiary/aromatic N) is 4. The van der Waals surface area contributed by atoms with E-state index >= 15 is 0 Å². The average molecular weight is 315 g/mol. The molecule has 0 aliphatic rings. The highest BCUT2D eigenvalue weighted by Crippen LogP contribution is 2.21. The molecule has 0 fully saturated rings. The first-order valence-electron chi connectivity index (χ1n) is 7.55. The summed E-state index contributed by atoms with van der Waals surface area (Å²) in [6, 6.07) is 6.11. The van der Waals surface area contributed by atoms with Gasteiger partial charge in [0.15, 0.2) is 0 Å². The van der Waals surface area contributed by atoms with Gasteiger partial charge in [0.1, 0.15) is 11.5 Å². The number of hydrogen-bond donors (Lipinski definition) is 1. The summed E-state index contributed by atoms with van der Waals surface area (Å²) in [6.45, 7) is 6.86. The molecule has 0 aliphatic carbocycles. The molecule has 0 atom stereocenters. The van der Waals surface area contributed by atoms with Crippen LogP contribution >= 0.6 is 0 Å². The lowest BCUT2D eigenvalue weighted by Gasteiger charge is -2.08. The number of halogens is 1. The molecule has 2 aromatic heterocycles. The molecular formula is C16H18FN5O. The highest BCUT2D eigenvalue weighted by molar-refractivity contribution is 6.03. The second kappa shape index (κ2) is 5.83. The summed E-state index contributed by atoms with van der Waals surface area (Å²) in [7, 11) is 0. The van der Waals surface area contributed by atoms with E-state index in [1.807, 2.05) is 20.8 Å². The molecule has 0 unspecified atom stereocenters. The van der Waals surface area contributed by atoms with Crippen LogP contribution in [0.5, 0.6) is 0 Å². The molecular weight excluding hydrogens is 297 g/mol. The quantitative estimate of drug-likeness (QED) is 0.805. The molecule has 2 heterocycles. The van der Waals surface area contributed by atoms with Gasteiger partial charge in [-0.1, -0.05) is 0 Å². The van der Waals surface area contributed by atoms with Gasteiger partial charge in [-0.3, -0.25) is 14.8 Å². The minimum atomic E-state index is -0.329. The number of carbonyl (C=O) groups excluding carboxylic acids is 1. The van der Waals surface area contributed by atoms with Crippen LogP contribution < -0.4 is 5.32 Å². The van der Waals surface area contributed by atoms with Gasteiger partial charge in [0, 0.05) is 13.1 Å². The van der Waals surface area contributed by atoms with E-state index in [0.29, 0.717) is 35.8 Å². The number of rotatable bonds is 4. The lowest BCUT2D eigenvalue weighted by molar-refractivity contribution is 0.101. The van der Waals surface area contributed by atoms with Gasteiger partial charge in [-0.2, -0.15) is 5.10 Å². The van der Waals surface area contributed by atoms with Crippen LogP contribution in [0, 0.1) is 12.7 Å². The van der Waals surface area contributed by atoms with Crippen LogP contribution in [0.4, 0.5) is 10.3 Å². The molecule has 3 aromatic rings. The third-order valence-corrected chi connectivity index (χ3v) is 3.69. The monoisotopic (exact) mass is 315 g/mol. The number of imidazole rings is 1. The van der Waals surface area contributed by atoms with Crippen molar-refractivity contribution in [1.29, 1.82) is 0 Å². The second-order valence-electron chi connectivity index (χ2n) is 5.25. The summed E-state index contributed by atoms with van der Waals surface area (Å²) in [5.41, 5.74) is 2.56. The molecule has 3 rings (SSSR count). The molecule has 0 spiro atoms. The van der Waals surface area contributed by atoms with Crippen molar-refractivity contribution in [2.24, 2.45) is 0 Å². The Morgan fingerprint density at radius 1 is 1.26 bits per heavy atom. The van der Waals surface area contributed by atoms with Crippen LogP contribution in [0.15, 0.2) is 24.3 Å². The summed E-state index contributed by atoms with van der Waals surface area (Å²) < 4.78 is 16.9. The predicted molar refractivity (Wildman–Crippen MR) is 86.0 cm³/mol. The standard InChI is InChI=1S/C16H18FN5O/c1-4-21-13-9-11(17)6-7-12(13)18-16(21)19-15(23)14-8-10(3)20-22(14)5-2/h6-9H,4-5H2,1-3H3,(H,18,19,23). The van der Waals surface area contributed by atoms with Crippen molar-refractivity contribution >= 4 is 22.9 Å². The van der Waals surface area contributed by atoms with Gasteiger partial charge in [0.25, 0.3) is 5.91 Å². The maximum Gasteiger partial charge on any atom is 0.276 e. The Balaban J connectivity index is 1.99. The second-order valence-corrected chi connectivity index (χ2v) is 5.25. The summed E-state index contributed by atoms with van der Waals surface area (Å²) >= 11 is 0. The highest BCUT2D eigenvalue weighted by Gasteiger charge is 2.17. The van der Waals surface area contributed by atoms with Gasteiger partial charge in [0.2, 0.25) is 5.95 Å². The van der Waals surface area contributed by atoms with Crippen LogP contribution in [0.3, 0.4) is 0 Å². The number of aryl methyl sites for hydroxylation is 3. The Hall–Kier alpha value is -2.70. The normalized spacial score (nSPS) is 11.1. The number of aromatic nitrogens is 4. The Labute approximate surface area is 132 Å². The Morgan fingerprint density at radius 3 is 2.74 bits per heavy atom. The highest BCUT2D eigenvalue weighted by atomic mass is 19.1. The number of carbonyl (C=O) groups is 1. The topological polar surface area (TPSA) is 64.7 Å².